The van der Waals surface area contributed by atoms with Gasteiger partial charge in [-0.2, -0.15) is 0 Å². The molecule has 4 nitrogen and oxygen atoms in total. The van der Waals surface area contributed by atoms with Crippen molar-refractivity contribution in [2.45, 2.75) is 56.7 Å². The quantitative estimate of drug-likeness (QED) is 0.819. The third kappa shape index (κ3) is 3.08. The zero-order chi connectivity index (χ0) is 19.3. The molecule has 1 aliphatic carbocycles. The third-order valence-electron chi connectivity index (χ3n) is 5.98. The Labute approximate surface area is 155 Å². The van der Waals surface area contributed by atoms with E-state index in [2.05, 4.69) is 10.9 Å². The van der Waals surface area contributed by atoms with Gasteiger partial charge in [0.2, 0.25) is 0 Å². The summed E-state index contributed by atoms with van der Waals surface area (Å²) in [6, 6.07) is 4.68. The van der Waals surface area contributed by atoms with E-state index in [1.165, 1.54) is 6.07 Å². The predicted molar refractivity (Wildman–Crippen MR) is 106 cm³/mol. The van der Waals surface area contributed by atoms with Gasteiger partial charge in [-0.25, -0.2) is 4.39 Å². The Morgan fingerprint density at radius 2 is 2.04 bits per heavy atom. The molecule has 2 atom stereocenters. The molecule has 2 N–H and O–H groups in total. The lowest BCUT2D eigenvalue weighted by Gasteiger charge is -2.41. The van der Waals surface area contributed by atoms with Crippen LogP contribution in [0.25, 0.3) is 0 Å². The molecule has 6 heteroatoms. The van der Waals surface area contributed by atoms with Crippen LogP contribution >= 0.6 is 0 Å². The molecule has 1 aliphatic heterocycles. The van der Waals surface area contributed by atoms with E-state index in [4.69, 9.17) is 5.73 Å². The first-order valence-electron chi connectivity index (χ1n) is 8.98. The number of Topliss-reactive ketones (excluding diaryl/α,β-unsaturated/α-hetero) is 1. The van der Waals surface area contributed by atoms with Crippen molar-refractivity contribution >= 4 is 27.0 Å². The van der Waals surface area contributed by atoms with E-state index in [0.717, 1.165) is 24.8 Å². The van der Waals surface area contributed by atoms with Crippen molar-refractivity contribution in [1.82, 2.24) is 0 Å². The lowest BCUT2D eigenvalue weighted by atomic mass is 9.80. The molecule has 0 aromatic heterocycles. The van der Waals surface area contributed by atoms with Crippen LogP contribution in [0.3, 0.4) is 0 Å². The maximum Gasteiger partial charge on any atom is 0.140 e. The summed E-state index contributed by atoms with van der Waals surface area (Å²) in [4.78, 5) is 16.8. The second-order valence-corrected chi connectivity index (χ2v) is 11.3. The largest absolute Gasteiger partial charge is 0.386 e. The number of rotatable bonds is 4. The molecule has 1 aromatic rings. The van der Waals surface area contributed by atoms with Crippen molar-refractivity contribution in [1.29, 1.82) is 0 Å². The highest BCUT2D eigenvalue weighted by Crippen LogP contribution is 2.38. The molecule has 0 bridgehead atoms. The standard InChI is InChI=1S/C20H27FN2O2S/c1-19(2)18(22)23-20(3,12-26(19,4)25)15-10-13(8-9-16(15)21)11-17(24)14-6-5-7-14/h8-10,14H,4-7,11-12H2,1-3H3,(H2,22,23)/t20-,26?/m0/s1. The number of halogens is 1. The van der Waals surface area contributed by atoms with Crippen LogP contribution in [0.2, 0.25) is 0 Å². The van der Waals surface area contributed by atoms with Gasteiger partial charge in [-0.05, 0) is 66.7 Å². The van der Waals surface area contributed by atoms with E-state index in [1.54, 1.807) is 32.9 Å². The van der Waals surface area contributed by atoms with Crippen molar-refractivity contribution in [2.75, 3.05) is 5.75 Å². The first kappa shape index (κ1) is 19.1. The third-order valence-corrected chi connectivity index (χ3v) is 9.08. The molecule has 1 fully saturated rings. The minimum Gasteiger partial charge on any atom is -0.386 e. The minimum atomic E-state index is -2.62. The Morgan fingerprint density at radius 1 is 1.38 bits per heavy atom. The summed E-state index contributed by atoms with van der Waals surface area (Å²) in [5, 5.41) is 0. The Balaban J connectivity index is 1.99. The van der Waals surface area contributed by atoms with Gasteiger partial charge >= 0.3 is 0 Å². The summed E-state index contributed by atoms with van der Waals surface area (Å²) >= 11 is 0. The van der Waals surface area contributed by atoms with Crippen molar-refractivity contribution in [2.24, 2.45) is 16.6 Å². The minimum absolute atomic E-state index is 0.116. The van der Waals surface area contributed by atoms with Crippen molar-refractivity contribution < 1.29 is 13.4 Å². The van der Waals surface area contributed by atoms with E-state index in [0.29, 0.717) is 12.0 Å². The molecule has 0 saturated heterocycles. The summed E-state index contributed by atoms with van der Waals surface area (Å²) in [6.45, 7) is 5.24. The van der Waals surface area contributed by atoms with E-state index >= 15 is 0 Å². The normalized spacial score (nSPS) is 31.2. The molecule has 142 valence electrons. The fourth-order valence-electron chi connectivity index (χ4n) is 3.57. The SMILES string of the molecule is C=S1(=O)C[C@@](C)(c2cc(CC(=O)C3CCC3)ccc2F)N=C(N)C1(C)C. The molecule has 0 radical (unpaired) electrons. The molecule has 1 aromatic carbocycles. The van der Waals surface area contributed by atoms with Crippen LogP contribution in [-0.2, 0) is 26.3 Å². The Morgan fingerprint density at radius 3 is 2.58 bits per heavy atom. The number of nitrogens with two attached hydrogens (primary N) is 1. The number of benzene rings is 1. The smallest absolute Gasteiger partial charge is 0.140 e. The van der Waals surface area contributed by atoms with Crippen LogP contribution in [0.1, 0.15) is 51.2 Å². The van der Waals surface area contributed by atoms with E-state index < -0.39 is 25.6 Å². The zero-order valence-corrected chi connectivity index (χ0v) is 16.5. The number of hydrogen-bond donors (Lipinski definition) is 1. The van der Waals surface area contributed by atoms with Crippen LogP contribution in [0.15, 0.2) is 23.2 Å². The van der Waals surface area contributed by atoms with Gasteiger partial charge in [0.05, 0.1) is 10.3 Å². The summed E-state index contributed by atoms with van der Waals surface area (Å²) < 4.78 is 26.9. The summed E-state index contributed by atoms with van der Waals surface area (Å²) in [7, 11) is -2.62. The van der Waals surface area contributed by atoms with Crippen LogP contribution in [-0.4, -0.2) is 32.2 Å². The van der Waals surface area contributed by atoms with E-state index in [1.807, 2.05) is 0 Å². The predicted octanol–water partition coefficient (Wildman–Crippen LogP) is 2.82. The number of hydrogen-bond acceptors (Lipinski definition) is 4. The molecule has 0 spiro atoms. The monoisotopic (exact) mass is 378 g/mol. The summed E-state index contributed by atoms with van der Waals surface area (Å²) in [5.41, 5.74) is 6.12. The summed E-state index contributed by atoms with van der Waals surface area (Å²) in [5.74, 6) is 4.14. The Bertz CT molecular complexity index is 885. The fourth-order valence-corrected chi connectivity index (χ4v) is 5.48. The molecule has 3 rings (SSSR count). The van der Waals surface area contributed by atoms with Gasteiger partial charge in [-0.1, -0.05) is 12.5 Å². The van der Waals surface area contributed by atoms with Gasteiger partial charge in [0.15, 0.2) is 0 Å². The van der Waals surface area contributed by atoms with E-state index in [-0.39, 0.29) is 23.3 Å². The number of carbonyl (C=O) groups is 1. The van der Waals surface area contributed by atoms with Gasteiger partial charge in [0, 0.05) is 23.7 Å². The van der Waals surface area contributed by atoms with Gasteiger partial charge < -0.3 is 5.73 Å². The molecular weight excluding hydrogens is 351 g/mol. The number of carbonyl (C=O) groups excluding carboxylic acids is 1. The molecule has 2 aliphatic rings. The molecule has 0 amide bonds. The Kier molecular flexibility index (Phi) is 4.54. The Hall–Kier alpha value is -1.69. The first-order valence-corrected chi connectivity index (χ1v) is 10.9. The number of amidine groups is 1. The molecule has 1 saturated carbocycles. The number of aliphatic imine (C=N–C) groups is 1. The second kappa shape index (κ2) is 6.19. The van der Waals surface area contributed by atoms with E-state index in [9.17, 15) is 13.4 Å². The van der Waals surface area contributed by atoms with Crippen LogP contribution in [0, 0.1) is 11.7 Å². The topological polar surface area (TPSA) is 72.5 Å². The van der Waals surface area contributed by atoms with Gasteiger partial charge in [-0.3, -0.25) is 14.0 Å². The van der Waals surface area contributed by atoms with Crippen LogP contribution < -0.4 is 5.73 Å². The average molecular weight is 379 g/mol. The van der Waals surface area contributed by atoms with Gasteiger partial charge in [-0.15, -0.1) is 0 Å². The highest BCUT2D eigenvalue weighted by Gasteiger charge is 2.45. The van der Waals surface area contributed by atoms with Crippen LogP contribution in [0.4, 0.5) is 4.39 Å². The lowest BCUT2D eigenvalue weighted by Crippen LogP contribution is -2.54. The number of nitrogens with zero attached hydrogens (tertiary/aromatic N) is 1. The fraction of sp³-hybridized carbons (Fsp3) is 0.550. The lowest BCUT2D eigenvalue weighted by molar-refractivity contribution is -0.124. The molecule has 1 heterocycles. The number of ketones is 1. The van der Waals surface area contributed by atoms with Crippen molar-refractivity contribution in [3.63, 3.8) is 0 Å². The average Bonchev–Trinajstić information content (AvgIpc) is 2.45. The highest BCUT2D eigenvalue weighted by molar-refractivity contribution is 8.02. The van der Waals surface area contributed by atoms with Crippen molar-refractivity contribution in [3.8, 4) is 0 Å². The highest BCUT2D eigenvalue weighted by atomic mass is 32.2. The molecule has 26 heavy (non-hydrogen) atoms. The van der Waals surface area contributed by atoms with Gasteiger partial charge in [0.25, 0.3) is 0 Å². The maximum atomic E-state index is 14.6. The molecular formula is C20H27FN2O2S. The second-order valence-electron chi connectivity index (χ2n) is 8.32. The van der Waals surface area contributed by atoms with Crippen molar-refractivity contribution in [3.05, 3.63) is 35.1 Å². The maximum absolute atomic E-state index is 14.6. The first-order chi connectivity index (χ1) is 12.0. The summed E-state index contributed by atoms with van der Waals surface area (Å²) in [6.07, 6.45) is 3.29. The van der Waals surface area contributed by atoms with Crippen LogP contribution in [0.5, 0.6) is 0 Å². The zero-order valence-electron chi connectivity index (χ0n) is 15.7. The van der Waals surface area contributed by atoms with Gasteiger partial charge in [0.1, 0.15) is 17.4 Å². The molecule has 1 unspecified atom stereocenters.